The van der Waals surface area contributed by atoms with Crippen LogP contribution in [0.5, 0.6) is 5.75 Å². The van der Waals surface area contributed by atoms with Crippen molar-refractivity contribution in [1.82, 2.24) is 5.32 Å². The molecule has 1 aromatic rings. The molecule has 0 aliphatic rings. The van der Waals surface area contributed by atoms with Gasteiger partial charge in [0.15, 0.2) is 6.04 Å². The number of benzene rings is 1. The van der Waals surface area contributed by atoms with Crippen molar-refractivity contribution in [3.8, 4) is 5.75 Å². The quantitative estimate of drug-likeness (QED) is 0.620. The third-order valence-corrected chi connectivity index (χ3v) is 2.35. The summed E-state index contributed by atoms with van der Waals surface area (Å²) in [5, 5.41) is 20.7. The average molecular weight is 253 g/mol. The fourth-order valence-electron chi connectivity index (χ4n) is 1.40. The zero-order valence-corrected chi connectivity index (χ0v) is 9.92. The minimum atomic E-state index is -1.09. The molecule has 1 unspecified atom stereocenters. The van der Waals surface area contributed by atoms with Gasteiger partial charge in [0.2, 0.25) is 5.91 Å². The number of ether oxygens (including phenoxy) is 1. The molecule has 1 atom stereocenters. The number of aromatic hydroxyl groups is 1. The summed E-state index contributed by atoms with van der Waals surface area (Å²) in [6.45, 7) is -0.542. The molecule has 6 nitrogen and oxygen atoms in total. The van der Waals surface area contributed by atoms with Crippen LogP contribution >= 0.6 is 0 Å². The Labute approximate surface area is 104 Å². The molecule has 0 saturated heterocycles. The van der Waals surface area contributed by atoms with Gasteiger partial charge in [0.25, 0.3) is 0 Å². The molecule has 98 valence electrons. The average Bonchev–Trinajstić information content (AvgIpc) is 2.37. The zero-order valence-electron chi connectivity index (χ0n) is 9.92. The molecule has 0 spiro atoms. The number of nitrogens with one attached hydrogen (secondary N) is 1. The maximum absolute atomic E-state index is 11.6. The SMILES string of the molecule is COC(=O)C(CO)NC(=O)Cc1ccccc1O. The van der Waals surface area contributed by atoms with Crippen LogP contribution in [0.25, 0.3) is 0 Å². The number of phenols is 1. The molecule has 18 heavy (non-hydrogen) atoms. The molecule has 0 aromatic heterocycles. The van der Waals surface area contributed by atoms with E-state index in [1.54, 1.807) is 18.2 Å². The van der Waals surface area contributed by atoms with Crippen LogP contribution in [0.4, 0.5) is 0 Å². The first kappa shape index (κ1) is 14.0. The first-order valence-electron chi connectivity index (χ1n) is 5.33. The summed E-state index contributed by atoms with van der Waals surface area (Å²) in [5.74, 6) is -1.20. The van der Waals surface area contributed by atoms with E-state index in [-0.39, 0.29) is 12.2 Å². The summed E-state index contributed by atoms with van der Waals surface area (Å²) >= 11 is 0. The van der Waals surface area contributed by atoms with Crippen molar-refractivity contribution >= 4 is 11.9 Å². The summed E-state index contributed by atoms with van der Waals surface area (Å²) < 4.78 is 4.42. The second-order valence-corrected chi connectivity index (χ2v) is 3.63. The zero-order chi connectivity index (χ0) is 13.5. The summed E-state index contributed by atoms with van der Waals surface area (Å²) in [5.41, 5.74) is 0.441. The number of esters is 1. The Bertz CT molecular complexity index is 432. The topological polar surface area (TPSA) is 95.9 Å². The number of phenolic OH excluding ortho intramolecular Hbond substituents is 1. The second-order valence-electron chi connectivity index (χ2n) is 3.63. The van der Waals surface area contributed by atoms with Crippen molar-refractivity contribution in [2.45, 2.75) is 12.5 Å². The van der Waals surface area contributed by atoms with Crippen LogP contribution in [0.15, 0.2) is 24.3 Å². The molecule has 1 amide bonds. The van der Waals surface area contributed by atoms with E-state index < -0.39 is 24.5 Å². The van der Waals surface area contributed by atoms with Gasteiger partial charge in [-0.05, 0) is 6.07 Å². The highest BCUT2D eigenvalue weighted by Crippen LogP contribution is 2.15. The maximum atomic E-state index is 11.6. The lowest BCUT2D eigenvalue weighted by atomic mass is 10.1. The second kappa shape index (κ2) is 6.61. The number of methoxy groups -OCH3 is 1. The number of carbonyl (C=O) groups excluding carboxylic acids is 2. The predicted octanol–water partition coefficient (Wildman–Crippen LogP) is -0.415. The number of hydrogen-bond acceptors (Lipinski definition) is 5. The highest BCUT2D eigenvalue weighted by atomic mass is 16.5. The molecule has 0 fully saturated rings. The van der Waals surface area contributed by atoms with Gasteiger partial charge in [-0.2, -0.15) is 0 Å². The van der Waals surface area contributed by atoms with Crippen molar-refractivity contribution in [3.05, 3.63) is 29.8 Å². The van der Waals surface area contributed by atoms with Crippen LogP contribution in [0.3, 0.4) is 0 Å². The number of aliphatic hydroxyl groups is 1. The molecule has 1 aromatic carbocycles. The van der Waals surface area contributed by atoms with Crippen LogP contribution in [0, 0.1) is 0 Å². The summed E-state index contributed by atoms with van der Waals surface area (Å²) in [4.78, 5) is 22.8. The van der Waals surface area contributed by atoms with Gasteiger partial charge in [-0.15, -0.1) is 0 Å². The van der Waals surface area contributed by atoms with Crippen molar-refractivity contribution < 1.29 is 24.5 Å². The predicted molar refractivity (Wildman–Crippen MR) is 62.8 cm³/mol. The van der Waals surface area contributed by atoms with Gasteiger partial charge in [0.05, 0.1) is 20.1 Å². The Morgan fingerprint density at radius 3 is 2.61 bits per heavy atom. The lowest BCUT2D eigenvalue weighted by molar-refractivity contribution is -0.146. The normalized spacial score (nSPS) is 11.7. The van der Waals surface area contributed by atoms with Crippen molar-refractivity contribution in [2.75, 3.05) is 13.7 Å². The Morgan fingerprint density at radius 2 is 2.06 bits per heavy atom. The summed E-state index contributed by atoms with van der Waals surface area (Å²) in [6.07, 6.45) is -0.0832. The van der Waals surface area contributed by atoms with E-state index in [4.69, 9.17) is 5.11 Å². The van der Waals surface area contributed by atoms with E-state index in [0.29, 0.717) is 5.56 Å². The molecule has 0 radical (unpaired) electrons. The van der Waals surface area contributed by atoms with Crippen molar-refractivity contribution in [1.29, 1.82) is 0 Å². The number of amides is 1. The molecule has 0 bridgehead atoms. The Kier molecular flexibility index (Phi) is 5.13. The molecule has 3 N–H and O–H groups in total. The summed E-state index contributed by atoms with van der Waals surface area (Å²) in [7, 11) is 1.17. The Balaban J connectivity index is 2.61. The molecule has 0 aliphatic heterocycles. The standard InChI is InChI=1S/C12H15NO5/c1-18-12(17)9(7-14)13-11(16)6-8-4-2-3-5-10(8)15/h2-5,9,14-15H,6-7H2,1H3,(H,13,16). The number of rotatable bonds is 5. The van der Waals surface area contributed by atoms with E-state index in [1.165, 1.54) is 13.2 Å². The van der Waals surface area contributed by atoms with Crippen LogP contribution < -0.4 is 5.32 Å². The van der Waals surface area contributed by atoms with Crippen molar-refractivity contribution in [2.24, 2.45) is 0 Å². The van der Waals surface area contributed by atoms with Gasteiger partial charge in [-0.25, -0.2) is 4.79 Å². The monoisotopic (exact) mass is 253 g/mol. The van der Waals surface area contributed by atoms with Gasteiger partial charge < -0.3 is 20.3 Å². The van der Waals surface area contributed by atoms with Gasteiger partial charge >= 0.3 is 5.97 Å². The maximum Gasteiger partial charge on any atom is 0.330 e. The number of para-hydroxylation sites is 1. The van der Waals surface area contributed by atoms with Gasteiger partial charge in [0.1, 0.15) is 5.75 Å². The molecule has 0 saturated carbocycles. The van der Waals surface area contributed by atoms with E-state index in [1.807, 2.05) is 0 Å². The number of carbonyl (C=O) groups is 2. The van der Waals surface area contributed by atoms with Gasteiger partial charge in [-0.1, -0.05) is 18.2 Å². The lowest BCUT2D eigenvalue weighted by Gasteiger charge is -2.14. The van der Waals surface area contributed by atoms with Crippen LogP contribution in [-0.2, 0) is 20.7 Å². The molecule has 1 rings (SSSR count). The highest BCUT2D eigenvalue weighted by molar-refractivity contribution is 5.86. The van der Waals surface area contributed by atoms with E-state index in [2.05, 4.69) is 10.1 Å². The van der Waals surface area contributed by atoms with E-state index in [9.17, 15) is 14.7 Å². The van der Waals surface area contributed by atoms with Crippen LogP contribution in [0.2, 0.25) is 0 Å². The first-order valence-corrected chi connectivity index (χ1v) is 5.33. The number of hydrogen-bond donors (Lipinski definition) is 3. The van der Waals surface area contributed by atoms with E-state index >= 15 is 0 Å². The minimum Gasteiger partial charge on any atom is -0.508 e. The summed E-state index contributed by atoms with van der Waals surface area (Å²) in [6, 6.07) is 5.30. The minimum absolute atomic E-state index is 0.00580. The Hall–Kier alpha value is -2.08. The number of aliphatic hydroxyl groups excluding tert-OH is 1. The molecule has 6 heteroatoms. The van der Waals surface area contributed by atoms with E-state index in [0.717, 1.165) is 0 Å². The third kappa shape index (κ3) is 3.74. The van der Waals surface area contributed by atoms with Crippen molar-refractivity contribution in [3.63, 3.8) is 0 Å². The fraction of sp³-hybridized carbons (Fsp3) is 0.333. The third-order valence-electron chi connectivity index (χ3n) is 2.35. The first-order chi connectivity index (χ1) is 8.58. The molecular weight excluding hydrogens is 238 g/mol. The van der Waals surface area contributed by atoms with Crippen LogP contribution in [0.1, 0.15) is 5.56 Å². The highest BCUT2D eigenvalue weighted by Gasteiger charge is 2.20. The smallest absolute Gasteiger partial charge is 0.330 e. The molecule has 0 aliphatic carbocycles. The van der Waals surface area contributed by atoms with Gasteiger partial charge in [-0.3, -0.25) is 4.79 Å². The van der Waals surface area contributed by atoms with Crippen LogP contribution in [-0.4, -0.2) is 41.8 Å². The van der Waals surface area contributed by atoms with Gasteiger partial charge in [0, 0.05) is 5.56 Å². The Morgan fingerprint density at radius 1 is 1.39 bits per heavy atom. The largest absolute Gasteiger partial charge is 0.508 e. The lowest BCUT2D eigenvalue weighted by Crippen LogP contribution is -2.44. The fourth-order valence-corrected chi connectivity index (χ4v) is 1.40. The molecule has 0 heterocycles. The molecular formula is C12H15NO5.